The first kappa shape index (κ1) is 19.2. The quantitative estimate of drug-likeness (QED) is 0.773. The van der Waals surface area contributed by atoms with Crippen LogP contribution in [0.1, 0.15) is 13.8 Å². The van der Waals surface area contributed by atoms with Crippen LogP contribution in [0.5, 0.6) is 0 Å². The van der Waals surface area contributed by atoms with E-state index in [9.17, 15) is 18.0 Å². The van der Waals surface area contributed by atoms with E-state index in [1.54, 1.807) is 35.2 Å². The summed E-state index contributed by atoms with van der Waals surface area (Å²) >= 11 is 0. The lowest BCUT2D eigenvalue weighted by Gasteiger charge is -2.36. The van der Waals surface area contributed by atoms with E-state index in [0.717, 1.165) is 0 Å². The molecule has 0 aliphatic carbocycles. The maximum Gasteiger partial charge on any atom is 0.312 e. The molecule has 0 radical (unpaired) electrons. The Morgan fingerprint density at radius 3 is 2.12 bits per heavy atom. The number of benzene rings is 1. The van der Waals surface area contributed by atoms with Crippen LogP contribution in [0.4, 0.5) is 4.79 Å². The zero-order valence-corrected chi connectivity index (χ0v) is 15.2. The molecule has 1 atom stereocenters. The summed E-state index contributed by atoms with van der Waals surface area (Å²) in [5.74, 6) is -0.364. The van der Waals surface area contributed by atoms with Crippen LogP contribution in [0.3, 0.4) is 0 Å². The molecule has 1 fully saturated rings. The third kappa shape index (κ3) is 4.49. The predicted molar refractivity (Wildman–Crippen MR) is 93.1 cm³/mol. The number of hydrogen-bond acceptors (Lipinski definition) is 4. The highest BCUT2D eigenvalue weighted by atomic mass is 32.2. The molecule has 8 nitrogen and oxygen atoms in total. The van der Waals surface area contributed by atoms with E-state index in [-0.39, 0.29) is 42.9 Å². The van der Waals surface area contributed by atoms with Gasteiger partial charge in [0.1, 0.15) is 6.04 Å². The molecule has 0 saturated carbocycles. The molecule has 138 valence electrons. The van der Waals surface area contributed by atoms with Gasteiger partial charge in [0.15, 0.2) is 0 Å². The van der Waals surface area contributed by atoms with Gasteiger partial charge in [0.25, 0.3) is 0 Å². The molecule has 1 aliphatic heterocycles. The second-order valence-electron chi connectivity index (χ2n) is 6.27. The van der Waals surface area contributed by atoms with Crippen LogP contribution in [-0.4, -0.2) is 61.8 Å². The fourth-order valence-electron chi connectivity index (χ4n) is 2.75. The summed E-state index contributed by atoms with van der Waals surface area (Å²) in [6, 6.07) is 6.75. The number of urea groups is 1. The van der Waals surface area contributed by atoms with Crippen molar-refractivity contribution in [2.75, 3.05) is 26.2 Å². The third-order valence-electron chi connectivity index (χ3n) is 4.16. The minimum absolute atomic E-state index is 0.119. The van der Waals surface area contributed by atoms with Gasteiger partial charge in [0.2, 0.25) is 15.9 Å². The van der Waals surface area contributed by atoms with Crippen LogP contribution in [0.15, 0.2) is 35.2 Å². The van der Waals surface area contributed by atoms with E-state index >= 15 is 0 Å². The normalized spacial score (nSPS) is 17.3. The average Bonchev–Trinajstić information content (AvgIpc) is 2.59. The smallest absolute Gasteiger partial charge is 0.312 e. The number of amides is 3. The minimum Gasteiger partial charge on any atom is -0.352 e. The Hall–Kier alpha value is -2.13. The predicted octanol–water partition coefficient (Wildman–Crippen LogP) is 0.212. The van der Waals surface area contributed by atoms with Gasteiger partial charge < -0.3 is 16.0 Å². The standard InChI is InChI=1S/C16H24N4O4S/c1-12(2)14(18-16(17)22)15(21)19-8-10-20(11-9-19)25(23,24)13-6-4-3-5-7-13/h3-7,12,14H,8-11H2,1-2H3,(H3,17,18,22). The van der Waals surface area contributed by atoms with Crippen molar-refractivity contribution < 1.29 is 18.0 Å². The number of carbonyl (C=O) groups excluding carboxylic acids is 2. The number of sulfonamides is 1. The molecule has 1 aliphatic rings. The van der Waals surface area contributed by atoms with Crippen molar-refractivity contribution in [1.82, 2.24) is 14.5 Å². The van der Waals surface area contributed by atoms with E-state index in [1.807, 2.05) is 13.8 Å². The summed E-state index contributed by atoms with van der Waals surface area (Å²) in [4.78, 5) is 25.5. The second kappa shape index (κ2) is 7.83. The van der Waals surface area contributed by atoms with Crippen molar-refractivity contribution in [3.63, 3.8) is 0 Å². The molecule has 1 aromatic rings. The molecule has 2 rings (SSSR count). The van der Waals surface area contributed by atoms with Crippen LogP contribution >= 0.6 is 0 Å². The highest BCUT2D eigenvalue weighted by Crippen LogP contribution is 2.18. The van der Waals surface area contributed by atoms with Gasteiger partial charge in [0, 0.05) is 26.2 Å². The minimum atomic E-state index is -3.56. The maximum atomic E-state index is 12.6. The molecule has 3 amide bonds. The lowest BCUT2D eigenvalue weighted by atomic mass is 10.0. The summed E-state index contributed by atoms with van der Waals surface area (Å²) in [5.41, 5.74) is 5.13. The van der Waals surface area contributed by atoms with E-state index in [2.05, 4.69) is 5.32 Å². The van der Waals surface area contributed by atoms with Gasteiger partial charge in [-0.3, -0.25) is 4.79 Å². The van der Waals surface area contributed by atoms with Gasteiger partial charge >= 0.3 is 6.03 Å². The molecule has 9 heteroatoms. The van der Waals surface area contributed by atoms with Crippen LogP contribution < -0.4 is 11.1 Å². The Morgan fingerprint density at radius 2 is 1.64 bits per heavy atom. The Kier molecular flexibility index (Phi) is 6.02. The number of hydrogen-bond donors (Lipinski definition) is 2. The van der Waals surface area contributed by atoms with Gasteiger partial charge in [0.05, 0.1) is 4.90 Å². The number of nitrogens with zero attached hydrogens (tertiary/aromatic N) is 2. The lowest BCUT2D eigenvalue weighted by molar-refractivity contribution is -0.135. The molecular formula is C16H24N4O4S. The summed E-state index contributed by atoms with van der Waals surface area (Å²) in [5, 5.41) is 2.46. The summed E-state index contributed by atoms with van der Waals surface area (Å²) in [6.45, 7) is 4.60. The van der Waals surface area contributed by atoms with Crippen LogP contribution in [0.25, 0.3) is 0 Å². The van der Waals surface area contributed by atoms with E-state index in [4.69, 9.17) is 5.73 Å². The first-order chi connectivity index (χ1) is 11.7. The van der Waals surface area contributed by atoms with E-state index in [0.29, 0.717) is 0 Å². The fourth-order valence-corrected chi connectivity index (χ4v) is 4.20. The van der Waals surface area contributed by atoms with Crippen LogP contribution in [0.2, 0.25) is 0 Å². The Labute approximate surface area is 148 Å². The SMILES string of the molecule is CC(C)C(NC(N)=O)C(=O)N1CCN(S(=O)(=O)c2ccccc2)CC1. The topological polar surface area (TPSA) is 113 Å². The number of nitrogens with one attached hydrogen (secondary N) is 1. The number of piperazine rings is 1. The monoisotopic (exact) mass is 368 g/mol. The Balaban J connectivity index is 2.03. The average molecular weight is 368 g/mol. The first-order valence-electron chi connectivity index (χ1n) is 8.13. The molecule has 3 N–H and O–H groups in total. The summed E-state index contributed by atoms with van der Waals surface area (Å²) in [6.07, 6.45) is 0. The largest absolute Gasteiger partial charge is 0.352 e. The number of nitrogens with two attached hydrogens (primary N) is 1. The van der Waals surface area contributed by atoms with Gasteiger partial charge in [-0.05, 0) is 18.1 Å². The Bertz CT molecular complexity index is 713. The number of rotatable bonds is 5. The summed E-state index contributed by atoms with van der Waals surface area (Å²) in [7, 11) is -3.56. The van der Waals surface area contributed by atoms with Gasteiger partial charge in [-0.25, -0.2) is 13.2 Å². The van der Waals surface area contributed by atoms with Crippen LogP contribution in [0, 0.1) is 5.92 Å². The number of primary amides is 1. The van der Waals surface area contributed by atoms with Gasteiger partial charge in [-0.2, -0.15) is 4.31 Å². The molecular weight excluding hydrogens is 344 g/mol. The number of carbonyl (C=O) groups is 2. The zero-order chi connectivity index (χ0) is 18.6. The maximum absolute atomic E-state index is 12.6. The third-order valence-corrected chi connectivity index (χ3v) is 6.07. The van der Waals surface area contributed by atoms with Gasteiger partial charge in [-0.1, -0.05) is 32.0 Å². The second-order valence-corrected chi connectivity index (χ2v) is 8.21. The highest BCUT2D eigenvalue weighted by molar-refractivity contribution is 7.89. The molecule has 1 heterocycles. The van der Waals surface area contributed by atoms with Crippen molar-refractivity contribution in [1.29, 1.82) is 0 Å². The molecule has 0 bridgehead atoms. The highest BCUT2D eigenvalue weighted by Gasteiger charge is 2.33. The molecule has 1 saturated heterocycles. The Morgan fingerprint density at radius 1 is 1.08 bits per heavy atom. The van der Waals surface area contributed by atoms with Gasteiger partial charge in [-0.15, -0.1) is 0 Å². The van der Waals surface area contributed by atoms with Crippen molar-refractivity contribution in [3.8, 4) is 0 Å². The summed E-state index contributed by atoms with van der Waals surface area (Å²) < 4.78 is 26.6. The van der Waals surface area contributed by atoms with Crippen molar-refractivity contribution in [2.24, 2.45) is 11.7 Å². The van der Waals surface area contributed by atoms with E-state index < -0.39 is 22.1 Å². The van der Waals surface area contributed by atoms with Crippen molar-refractivity contribution in [2.45, 2.75) is 24.8 Å². The lowest BCUT2D eigenvalue weighted by Crippen LogP contribution is -2.57. The zero-order valence-electron chi connectivity index (χ0n) is 14.4. The first-order valence-corrected chi connectivity index (χ1v) is 9.57. The molecule has 0 aromatic heterocycles. The molecule has 1 unspecified atom stereocenters. The molecule has 1 aromatic carbocycles. The van der Waals surface area contributed by atoms with E-state index in [1.165, 1.54) is 4.31 Å². The van der Waals surface area contributed by atoms with Crippen molar-refractivity contribution in [3.05, 3.63) is 30.3 Å². The molecule has 0 spiro atoms. The molecule has 25 heavy (non-hydrogen) atoms. The fraction of sp³-hybridized carbons (Fsp3) is 0.500. The van der Waals surface area contributed by atoms with Crippen molar-refractivity contribution >= 4 is 22.0 Å². The van der Waals surface area contributed by atoms with Crippen LogP contribution in [-0.2, 0) is 14.8 Å².